The van der Waals surface area contributed by atoms with Gasteiger partial charge in [0, 0.05) is 19.0 Å². The van der Waals surface area contributed by atoms with E-state index in [9.17, 15) is 0 Å². The average Bonchev–Trinajstić information content (AvgIpc) is 2.32. The van der Waals surface area contributed by atoms with E-state index < -0.39 is 0 Å². The summed E-state index contributed by atoms with van der Waals surface area (Å²) in [6.45, 7) is 5.66. The Labute approximate surface area is 75.9 Å². The van der Waals surface area contributed by atoms with Crippen LogP contribution in [-0.4, -0.2) is 12.6 Å². The van der Waals surface area contributed by atoms with Gasteiger partial charge in [-0.1, -0.05) is 20.3 Å². The lowest BCUT2D eigenvalue weighted by Gasteiger charge is -2.27. The van der Waals surface area contributed by atoms with E-state index in [0.29, 0.717) is 11.5 Å². The second kappa shape index (κ2) is 3.96. The maximum Gasteiger partial charge on any atom is 0.0212 e. The minimum absolute atomic E-state index is 0.481. The molecule has 0 bridgehead atoms. The number of terminal acetylenes is 1. The van der Waals surface area contributed by atoms with Crippen LogP contribution in [0.4, 0.5) is 0 Å². The van der Waals surface area contributed by atoms with Crippen LogP contribution in [0.5, 0.6) is 0 Å². The highest BCUT2D eigenvalue weighted by molar-refractivity contribution is 4.91. The molecule has 1 fully saturated rings. The molecular weight excluding hydrogens is 146 g/mol. The Balaban J connectivity index is 2.28. The zero-order valence-electron chi connectivity index (χ0n) is 8.19. The molecule has 0 saturated heterocycles. The van der Waals surface area contributed by atoms with Crippen molar-refractivity contribution < 1.29 is 0 Å². The third-order valence-corrected chi connectivity index (χ3v) is 2.92. The van der Waals surface area contributed by atoms with Crippen molar-refractivity contribution in [2.24, 2.45) is 5.41 Å². The summed E-state index contributed by atoms with van der Waals surface area (Å²) in [5.41, 5.74) is 0.481. The van der Waals surface area contributed by atoms with Crippen molar-refractivity contribution in [3.05, 3.63) is 0 Å². The summed E-state index contributed by atoms with van der Waals surface area (Å²) in [5.74, 6) is 2.66. The van der Waals surface area contributed by atoms with Crippen molar-refractivity contribution in [2.75, 3.05) is 6.54 Å². The zero-order chi connectivity index (χ0) is 9.03. The number of hydrogen-bond acceptors (Lipinski definition) is 1. The Morgan fingerprint density at radius 3 is 2.83 bits per heavy atom. The van der Waals surface area contributed by atoms with Crippen molar-refractivity contribution in [3.63, 3.8) is 0 Å². The molecule has 0 aromatic rings. The summed E-state index contributed by atoms with van der Waals surface area (Å²) in [5, 5.41) is 3.53. The SMILES string of the molecule is C#CCCNC1CCCC1(C)C. The number of nitrogens with one attached hydrogen (secondary N) is 1. The Kier molecular flexibility index (Phi) is 3.17. The molecular formula is C11H19N. The molecule has 1 atom stereocenters. The third kappa shape index (κ3) is 2.25. The first-order chi connectivity index (χ1) is 5.67. The molecule has 1 nitrogen and oxygen atoms in total. The summed E-state index contributed by atoms with van der Waals surface area (Å²) in [6.07, 6.45) is 10.1. The minimum atomic E-state index is 0.481. The van der Waals surface area contributed by atoms with Gasteiger partial charge in [0.15, 0.2) is 0 Å². The highest BCUT2D eigenvalue weighted by atomic mass is 14.9. The van der Waals surface area contributed by atoms with Crippen LogP contribution >= 0.6 is 0 Å². The Bertz CT molecular complexity index is 176. The van der Waals surface area contributed by atoms with Gasteiger partial charge < -0.3 is 5.32 Å². The normalized spacial score (nSPS) is 26.9. The van der Waals surface area contributed by atoms with Crippen LogP contribution in [0.1, 0.15) is 39.5 Å². The second-order valence-corrected chi connectivity index (χ2v) is 4.34. The minimum Gasteiger partial charge on any atom is -0.313 e. The molecule has 0 aromatic heterocycles. The smallest absolute Gasteiger partial charge is 0.0212 e. The van der Waals surface area contributed by atoms with Crippen molar-refractivity contribution in [1.29, 1.82) is 0 Å². The number of rotatable bonds is 3. The molecule has 0 heterocycles. The summed E-state index contributed by atoms with van der Waals surface area (Å²) >= 11 is 0. The van der Waals surface area contributed by atoms with Crippen molar-refractivity contribution in [3.8, 4) is 12.3 Å². The lowest BCUT2D eigenvalue weighted by Crippen LogP contribution is -2.38. The first-order valence-electron chi connectivity index (χ1n) is 4.83. The lowest BCUT2D eigenvalue weighted by atomic mass is 9.87. The van der Waals surface area contributed by atoms with Gasteiger partial charge in [0.25, 0.3) is 0 Å². The van der Waals surface area contributed by atoms with Gasteiger partial charge in [-0.2, -0.15) is 0 Å². The average molecular weight is 165 g/mol. The fourth-order valence-electron chi connectivity index (χ4n) is 2.02. The predicted molar refractivity (Wildman–Crippen MR) is 52.9 cm³/mol. The fourth-order valence-corrected chi connectivity index (χ4v) is 2.02. The summed E-state index contributed by atoms with van der Waals surface area (Å²) < 4.78 is 0. The van der Waals surface area contributed by atoms with Crippen LogP contribution in [0.3, 0.4) is 0 Å². The van der Waals surface area contributed by atoms with Crippen LogP contribution in [0, 0.1) is 17.8 Å². The van der Waals surface area contributed by atoms with Gasteiger partial charge in [-0.15, -0.1) is 12.3 Å². The van der Waals surface area contributed by atoms with E-state index in [1.807, 2.05) is 0 Å². The van der Waals surface area contributed by atoms with Crippen molar-refractivity contribution in [1.82, 2.24) is 5.32 Å². The topological polar surface area (TPSA) is 12.0 Å². The molecule has 0 aromatic carbocycles. The lowest BCUT2D eigenvalue weighted by molar-refractivity contribution is 0.286. The molecule has 0 radical (unpaired) electrons. The molecule has 1 aliphatic carbocycles. The van der Waals surface area contributed by atoms with Crippen LogP contribution in [0.25, 0.3) is 0 Å². The summed E-state index contributed by atoms with van der Waals surface area (Å²) in [7, 11) is 0. The maximum atomic E-state index is 5.19. The van der Waals surface area contributed by atoms with E-state index in [0.717, 1.165) is 13.0 Å². The molecule has 1 aliphatic rings. The molecule has 1 saturated carbocycles. The molecule has 12 heavy (non-hydrogen) atoms. The quantitative estimate of drug-likeness (QED) is 0.499. The maximum absolute atomic E-state index is 5.19. The molecule has 68 valence electrons. The van der Waals surface area contributed by atoms with Gasteiger partial charge in [0.05, 0.1) is 0 Å². The standard InChI is InChI=1S/C11H19N/c1-4-5-9-12-10-7-6-8-11(10,2)3/h1,10,12H,5-9H2,2-3H3. The van der Waals surface area contributed by atoms with Crippen molar-refractivity contribution in [2.45, 2.75) is 45.6 Å². The molecule has 0 aliphatic heterocycles. The molecule has 1 N–H and O–H groups in total. The second-order valence-electron chi connectivity index (χ2n) is 4.34. The first kappa shape index (κ1) is 9.61. The largest absolute Gasteiger partial charge is 0.313 e. The summed E-state index contributed by atoms with van der Waals surface area (Å²) in [4.78, 5) is 0. The predicted octanol–water partition coefficient (Wildman–Crippen LogP) is 2.18. The van der Waals surface area contributed by atoms with Gasteiger partial charge in [-0.25, -0.2) is 0 Å². The molecule has 0 amide bonds. The van der Waals surface area contributed by atoms with Crippen LogP contribution in [0.15, 0.2) is 0 Å². The third-order valence-electron chi connectivity index (χ3n) is 2.92. The zero-order valence-corrected chi connectivity index (χ0v) is 8.19. The van der Waals surface area contributed by atoms with Gasteiger partial charge in [0.1, 0.15) is 0 Å². The molecule has 1 unspecified atom stereocenters. The van der Waals surface area contributed by atoms with E-state index in [-0.39, 0.29) is 0 Å². The van der Waals surface area contributed by atoms with Gasteiger partial charge in [-0.05, 0) is 18.3 Å². The highest BCUT2D eigenvalue weighted by Gasteiger charge is 2.33. The first-order valence-corrected chi connectivity index (χ1v) is 4.83. The Morgan fingerprint density at radius 1 is 1.58 bits per heavy atom. The highest BCUT2D eigenvalue weighted by Crippen LogP contribution is 2.36. The van der Waals surface area contributed by atoms with E-state index in [2.05, 4.69) is 25.1 Å². The van der Waals surface area contributed by atoms with Gasteiger partial charge in [0.2, 0.25) is 0 Å². The number of hydrogen-bond donors (Lipinski definition) is 1. The van der Waals surface area contributed by atoms with E-state index in [1.54, 1.807) is 0 Å². The van der Waals surface area contributed by atoms with Crippen LogP contribution in [-0.2, 0) is 0 Å². The van der Waals surface area contributed by atoms with Crippen LogP contribution in [0.2, 0.25) is 0 Å². The van der Waals surface area contributed by atoms with E-state index in [1.165, 1.54) is 19.3 Å². The van der Waals surface area contributed by atoms with E-state index in [4.69, 9.17) is 6.42 Å². The van der Waals surface area contributed by atoms with E-state index >= 15 is 0 Å². The molecule has 0 spiro atoms. The molecule has 1 rings (SSSR count). The Hall–Kier alpha value is -0.480. The van der Waals surface area contributed by atoms with Crippen LogP contribution < -0.4 is 5.32 Å². The Morgan fingerprint density at radius 2 is 2.33 bits per heavy atom. The van der Waals surface area contributed by atoms with Gasteiger partial charge in [-0.3, -0.25) is 0 Å². The summed E-state index contributed by atoms with van der Waals surface area (Å²) in [6, 6.07) is 0.686. The van der Waals surface area contributed by atoms with Crippen molar-refractivity contribution >= 4 is 0 Å². The monoisotopic (exact) mass is 165 g/mol. The van der Waals surface area contributed by atoms with Gasteiger partial charge >= 0.3 is 0 Å². The molecule has 1 heteroatoms. The fraction of sp³-hybridized carbons (Fsp3) is 0.818.